The molecule has 0 aromatic carbocycles. The second-order valence-electron chi connectivity index (χ2n) is 5.02. The van der Waals surface area contributed by atoms with Gasteiger partial charge in [0.05, 0.1) is 22.4 Å². The molecule has 0 saturated heterocycles. The van der Waals surface area contributed by atoms with E-state index in [1.165, 1.54) is 5.56 Å². The van der Waals surface area contributed by atoms with Gasteiger partial charge in [-0.25, -0.2) is 0 Å². The number of hydrogen-bond acceptors (Lipinski definition) is 3. The molecule has 2 heterocycles. The van der Waals surface area contributed by atoms with Crippen molar-refractivity contribution in [2.75, 3.05) is 6.54 Å². The maximum atomic E-state index is 4.59. The van der Waals surface area contributed by atoms with Crippen LogP contribution >= 0.6 is 15.9 Å². The summed E-state index contributed by atoms with van der Waals surface area (Å²) in [6.45, 7) is 7.21. The molecule has 0 aliphatic carbocycles. The first-order chi connectivity index (χ1) is 9.54. The highest BCUT2D eigenvalue weighted by Gasteiger charge is 2.22. The van der Waals surface area contributed by atoms with Crippen molar-refractivity contribution in [3.8, 4) is 0 Å². The van der Waals surface area contributed by atoms with Crippen LogP contribution in [0.4, 0.5) is 0 Å². The fourth-order valence-electron chi connectivity index (χ4n) is 2.39. The molecule has 4 nitrogen and oxygen atoms in total. The monoisotopic (exact) mass is 336 g/mol. The van der Waals surface area contributed by atoms with Crippen LogP contribution in [0, 0.1) is 13.8 Å². The van der Waals surface area contributed by atoms with Crippen LogP contribution in [0.5, 0.6) is 0 Å². The SMILES string of the molecule is CCCNC(c1ccc(C)nc1C)c1c(Br)cnn1C. The summed E-state index contributed by atoms with van der Waals surface area (Å²) in [5, 5.41) is 7.93. The Balaban J connectivity index is 2.47. The van der Waals surface area contributed by atoms with Crippen molar-refractivity contribution in [1.29, 1.82) is 0 Å². The molecule has 2 rings (SSSR count). The van der Waals surface area contributed by atoms with Gasteiger partial charge in [0.1, 0.15) is 0 Å². The van der Waals surface area contributed by atoms with Gasteiger partial charge in [-0.15, -0.1) is 0 Å². The van der Waals surface area contributed by atoms with Crippen molar-refractivity contribution < 1.29 is 0 Å². The molecule has 0 fully saturated rings. The molecule has 0 spiro atoms. The summed E-state index contributed by atoms with van der Waals surface area (Å²) in [5.41, 5.74) is 4.44. The molecule has 5 heteroatoms. The Bertz CT molecular complexity index is 572. The minimum Gasteiger partial charge on any atom is -0.305 e. The quantitative estimate of drug-likeness (QED) is 0.910. The van der Waals surface area contributed by atoms with Crippen molar-refractivity contribution >= 4 is 15.9 Å². The van der Waals surface area contributed by atoms with Gasteiger partial charge >= 0.3 is 0 Å². The molecule has 2 aromatic rings. The third-order valence-corrected chi connectivity index (χ3v) is 4.00. The van der Waals surface area contributed by atoms with Crippen LogP contribution in [-0.2, 0) is 7.05 Å². The molecule has 108 valence electrons. The zero-order valence-corrected chi connectivity index (χ0v) is 14.0. The number of nitrogens with one attached hydrogen (secondary N) is 1. The minimum atomic E-state index is 0.102. The normalized spacial score (nSPS) is 12.7. The zero-order chi connectivity index (χ0) is 14.7. The van der Waals surface area contributed by atoms with Crippen LogP contribution in [0.1, 0.15) is 42.0 Å². The van der Waals surface area contributed by atoms with E-state index in [0.29, 0.717) is 0 Å². The highest BCUT2D eigenvalue weighted by atomic mass is 79.9. The van der Waals surface area contributed by atoms with Crippen LogP contribution < -0.4 is 5.32 Å². The molecule has 0 aliphatic heterocycles. The predicted octanol–water partition coefficient (Wildman–Crippen LogP) is 3.28. The van der Waals surface area contributed by atoms with Gasteiger partial charge in [0, 0.05) is 18.4 Å². The van der Waals surface area contributed by atoms with E-state index in [2.05, 4.69) is 57.3 Å². The summed E-state index contributed by atoms with van der Waals surface area (Å²) in [6, 6.07) is 4.32. The van der Waals surface area contributed by atoms with Crippen molar-refractivity contribution in [2.45, 2.75) is 33.2 Å². The van der Waals surface area contributed by atoms with Gasteiger partial charge in [0.15, 0.2) is 0 Å². The maximum absolute atomic E-state index is 4.59. The number of pyridine rings is 1. The third-order valence-electron chi connectivity index (χ3n) is 3.39. The van der Waals surface area contributed by atoms with Crippen molar-refractivity contribution in [3.63, 3.8) is 0 Å². The van der Waals surface area contributed by atoms with Gasteiger partial charge in [-0.1, -0.05) is 13.0 Å². The van der Waals surface area contributed by atoms with E-state index in [9.17, 15) is 0 Å². The fourth-order valence-corrected chi connectivity index (χ4v) is 2.97. The van der Waals surface area contributed by atoms with Gasteiger partial charge in [0.2, 0.25) is 0 Å². The summed E-state index contributed by atoms with van der Waals surface area (Å²) >= 11 is 3.60. The van der Waals surface area contributed by atoms with Crippen molar-refractivity contribution in [1.82, 2.24) is 20.1 Å². The van der Waals surface area contributed by atoms with Gasteiger partial charge in [-0.05, 0) is 54.4 Å². The van der Waals surface area contributed by atoms with E-state index < -0.39 is 0 Å². The Hall–Kier alpha value is -1.20. The van der Waals surface area contributed by atoms with E-state index in [1.807, 2.05) is 24.9 Å². The minimum absolute atomic E-state index is 0.102. The summed E-state index contributed by atoms with van der Waals surface area (Å²) in [5.74, 6) is 0. The molecule has 0 saturated carbocycles. The molecular weight excluding hydrogens is 316 g/mol. The average Bonchev–Trinajstić information content (AvgIpc) is 2.72. The van der Waals surface area contributed by atoms with Gasteiger partial charge in [0.25, 0.3) is 0 Å². The van der Waals surface area contributed by atoms with Gasteiger partial charge in [-0.3, -0.25) is 9.67 Å². The van der Waals surface area contributed by atoms with E-state index in [1.54, 1.807) is 0 Å². The predicted molar refractivity (Wildman–Crippen MR) is 84.8 cm³/mol. The Kier molecular flexibility index (Phi) is 4.94. The Labute approximate surface area is 128 Å². The molecule has 20 heavy (non-hydrogen) atoms. The second-order valence-corrected chi connectivity index (χ2v) is 5.87. The Morgan fingerprint density at radius 3 is 2.65 bits per heavy atom. The molecule has 0 aliphatic rings. The van der Waals surface area contributed by atoms with E-state index in [-0.39, 0.29) is 6.04 Å². The lowest BCUT2D eigenvalue weighted by Gasteiger charge is -2.21. The number of halogens is 1. The molecule has 2 aromatic heterocycles. The van der Waals surface area contributed by atoms with E-state index >= 15 is 0 Å². The lowest BCUT2D eigenvalue weighted by molar-refractivity contribution is 0.548. The average molecular weight is 337 g/mol. The first kappa shape index (κ1) is 15.2. The third kappa shape index (κ3) is 3.10. The first-order valence-corrected chi connectivity index (χ1v) is 7.68. The van der Waals surface area contributed by atoms with Crippen molar-refractivity contribution in [2.24, 2.45) is 7.05 Å². The van der Waals surface area contributed by atoms with Crippen molar-refractivity contribution in [3.05, 3.63) is 45.4 Å². The van der Waals surface area contributed by atoms with E-state index in [0.717, 1.165) is 34.5 Å². The summed E-state index contributed by atoms with van der Waals surface area (Å²) in [6.07, 6.45) is 2.93. The fraction of sp³-hybridized carbons (Fsp3) is 0.467. The molecule has 0 bridgehead atoms. The first-order valence-electron chi connectivity index (χ1n) is 6.89. The highest BCUT2D eigenvalue weighted by molar-refractivity contribution is 9.10. The van der Waals surface area contributed by atoms with Crippen LogP contribution in [0.15, 0.2) is 22.8 Å². The molecule has 0 amide bonds. The van der Waals surface area contributed by atoms with Crippen LogP contribution in [0.3, 0.4) is 0 Å². The van der Waals surface area contributed by atoms with Crippen LogP contribution in [-0.4, -0.2) is 21.3 Å². The largest absolute Gasteiger partial charge is 0.305 e. The molecule has 1 atom stereocenters. The topological polar surface area (TPSA) is 42.7 Å². The Morgan fingerprint density at radius 2 is 2.10 bits per heavy atom. The number of aromatic nitrogens is 3. The smallest absolute Gasteiger partial charge is 0.0777 e. The molecular formula is C15H21BrN4. The number of hydrogen-bond donors (Lipinski definition) is 1. The summed E-state index contributed by atoms with van der Waals surface area (Å²) in [7, 11) is 1.97. The molecule has 1 unspecified atom stereocenters. The van der Waals surface area contributed by atoms with E-state index in [4.69, 9.17) is 0 Å². The van der Waals surface area contributed by atoms with Crippen LogP contribution in [0.25, 0.3) is 0 Å². The number of aryl methyl sites for hydroxylation is 3. The summed E-state index contributed by atoms with van der Waals surface area (Å²) in [4.78, 5) is 4.59. The lowest BCUT2D eigenvalue weighted by atomic mass is 10.0. The highest BCUT2D eigenvalue weighted by Crippen LogP contribution is 2.29. The zero-order valence-electron chi connectivity index (χ0n) is 12.4. The van der Waals surface area contributed by atoms with Gasteiger partial charge < -0.3 is 5.32 Å². The maximum Gasteiger partial charge on any atom is 0.0777 e. The summed E-state index contributed by atoms with van der Waals surface area (Å²) < 4.78 is 2.94. The van der Waals surface area contributed by atoms with Gasteiger partial charge in [-0.2, -0.15) is 5.10 Å². The molecule has 1 N–H and O–H groups in total. The second kappa shape index (κ2) is 6.50. The number of nitrogens with zero attached hydrogens (tertiary/aromatic N) is 3. The number of rotatable bonds is 5. The van der Waals surface area contributed by atoms with Crippen LogP contribution in [0.2, 0.25) is 0 Å². The molecule has 0 radical (unpaired) electrons. The standard InChI is InChI=1S/C15H21BrN4/c1-5-8-17-14(15-13(16)9-18-20(15)4)12-7-6-10(2)19-11(12)3/h6-7,9,14,17H,5,8H2,1-4H3. The lowest BCUT2D eigenvalue weighted by Crippen LogP contribution is -2.26. The Morgan fingerprint density at radius 1 is 1.35 bits per heavy atom.